The molecule has 3 aromatic carbocycles. The number of aryl methyl sites for hydroxylation is 1. The Morgan fingerprint density at radius 1 is 1.05 bits per heavy atom. The maximum atomic E-state index is 13.7. The maximum absolute atomic E-state index is 13.7. The summed E-state index contributed by atoms with van der Waals surface area (Å²) in [5.41, 5.74) is -0.402. The number of ether oxygens (including phenoxy) is 1. The number of hydrogen-bond acceptors (Lipinski definition) is 14. The molecule has 1 saturated carbocycles. The van der Waals surface area contributed by atoms with Crippen molar-refractivity contribution in [3.63, 3.8) is 0 Å². The predicted molar refractivity (Wildman–Crippen MR) is 236 cm³/mol. The highest BCUT2D eigenvalue weighted by atomic mass is 17.2. The summed E-state index contributed by atoms with van der Waals surface area (Å²) in [4.78, 5) is 45.1. The number of carbonyl (C=O) groups excluding carboxylic acids is 1. The quantitative estimate of drug-likeness (QED) is 0.0565. The zero-order chi connectivity index (χ0) is 45.4. The molecule has 0 radical (unpaired) electrons. The standard InChI is InChI=1S/C49H53N3O13/c1-26-15-38(56)34-16-30-17-40(65-62-25-48(61,45(59)42(58)39(57)24-53)19-27-6-9-37(55)32-8-7-31(54)18-33(27)32)49(13-4-5-28(20-49)35-21-51-46(60)47(35)11-2-3-12-47)64-43(30)41(44(34)63-26)52-22-29-10-14-50-36(29)23-52/h4-10,14-16,18,23,28,35,39-40,42,45,53-55,57-59,61H,2-3,11-13,17,19-22,24-25H2,1H3,(H,51,60)/p+1. The van der Waals surface area contributed by atoms with Crippen molar-refractivity contribution in [3.8, 4) is 17.2 Å². The molecule has 2 aliphatic carbocycles. The van der Waals surface area contributed by atoms with Gasteiger partial charge in [0.15, 0.2) is 11.2 Å². The number of benzene rings is 3. The van der Waals surface area contributed by atoms with Gasteiger partial charge in [0.2, 0.25) is 17.2 Å². The molecule has 9 atom stereocenters. The number of phenolic OH excluding ortho intramolecular Hbond substituents is 2. The number of carbonyl (C=O) groups is 1. The van der Waals surface area contributed by atoms with Crippen LogP contribution >= 0.6 is 0 Å². The highest BCUT2D eigenvalue weighted by Crippen LogP contribution is 2.55. The van der Waals surface area contributed by atoms with Crippen LogP contribution < -0.4 is 20.4 Å². The molecule has 1 amide bonds. The molecule has 342 valence electrons. The van der Waals surface area contributed by atoms with Crippen molar-refractivity contribution in [3.05, 3.63) is 105 Å². The SMILES string of the molecule is Cc1cc(=O)c2cc3c(c([NH+]4C=C5N=CC=C5C4)c2o1)OC1(CC=CC(C2CNC(=O)C24CCCC4)C1)C(OOCC(O)(Cc1ccc(O)c2ccc(O)cc12)C(O)C(O)C(O)CO)C3. The second kappa shape index (κ2) is 16.5. The van der Waals surface area contributed by atoms with E-state index in [-0.39, 0.29) is 41.1 Å². The van der Waals surface area contributed by atoms with Crippen LogP contribution in [0.4, 0.5) is 5.69 Å². The van der Waals surface area contributed by atoms with E-state index < -0.39 is 60.7 Å². The number of amides is 1. The minimum absolute atomic E-state index is 0.0217. The van der Waals surface area contributed by atoms with Crippen LogP contribution in [0.5, 0.6) is 17.2 Å². The van der Waals surface area contributed by atoms with Gasteiger partial charge in [-0.15, -0.1) is 0 Å². The first-order valence-corrected chi connectivity index (χ1v) is 22.4. The molecular formula is C49H54N3O13+. The lowest BCUT2D eigenvalue weighted by molar-refractivity contribution is -0.763. The van der Waals surface area contributed by atoms with Crippen molar-refractivity contribution < 1.29 is 64.4 Å². The van der Waals surface area contributed by atoms with Crippen molar-refractivity contribution in [2.75, 3.05) is 26.3 Å². The summed E-state index contributed by atoms with van der Waals surface area (Å²) in [6.07, 6.45) is 7.05. The largest absolute Gasteiger partial charge is 0.508 e. The van der Waals surface area contributed by atoms with E-state index in [2.05, 4.69) is 22.5 Å². The smallest absolute Gasteiger partial charge is 0.226 e. The average molecular weight is 893 g/mol. The van der Waals surface area contributed by atoms with Crippen LogP contribution in [0.3, 0.4) is 0 Å². The first-order chi connectivity index (χ1) is 31.2. The fourth-order valence-electron chi connectivity index (χ4n) is 11.5. The average Bonchev–Trinajstić information content (AvgIpc) is 4.10. The van der Waals surface area contributed by atoms with Gasteiger partial charge in [-0.05, 0) is 85.4 Å². The van der Waals surface area contributed by atoms with Gasteiger partial charge >= 0.3 is 0 Å². The van der Waals surface area contributed by atoms with Gasteiger partial charge in [-0.2, -0.15) is 0 Å². The normalized spacial score (nSPS) is 27.6. The van der Waals surface area contributed by atoms with Crippen molar-refractivity contribution in [2.24, 2.45) is 22.2 Å². The third kappa shape index (κ3) is 7.36. The Kier molecular flexibility index (Phi) is 11.0. The van der Waals surface area contributed by atoms with Gasteiger partial charge in [-0.3, -0.25) is 19.5 Å². The molecule has 1 saturated heterocycles. The molecule has 9 unspecified atom stereocenters. The minimum Gasteiger partial charge on any atom is -0.508 e. The zero-order valence-corrected chi connectivity index (χ0v) is 35.9. The number of quaternary nitrogens is 1. The number of aliphatic hydroxyl groups is 5. The first kappa shape index (κ1) is 43.5. The van der Waals surface area contributed by atoms with Gasteiger partial charge in [0.05, 0.1) is 17.4 Å². The second-order valence-electron chi connectivity index (χ2n) is 18.9. The van der Waals surface area contributed by atoms with Gasteiger partial charge < -0.3 is 50.2 Å². The molecule has 65 heavy (non-hydrogen) atoms. The second-order valence-corrected chi connectivity index (χ2v) is 18.9. The lowest BCUT2D eigenvalue weighted by atomic mass is 9.64. The maximum Gasteiger partial charge on any atom is 0.226 e. The number of allylic oxidation sites excluding steroid dienone is 2. The summed E-state index contributed by atoms with van der Waals surface area (Å²) in [5.74, 6) is 0.692. The van der Waals surface area contributed by atoms with Gasteiger partial charge in [-0.25, -0.2) is 9.78 Å². The molecule has 16 nitrogen and oxygen atoms in total. The van der Waals surface area contributed by atoms with Crippen LogP contribution in [0.2, 0.25) is 0 Å². The van der Waals surface area contributed by atoms with Crippen LogP contribution in [0.25, 0.3) is 21.7 Å². The van der Waals surface area contributed by atoms with Crippen LogP contribution in [0, 0.1) is 24.2 Å². The summed E-state index contributed by atoms with van der Waals surface area (Å²) in [6.45, 7) is 1.08. The molecule has 2 fully saturated rings. The van der Waals surface area contributed by atoms with Gasteiger partial charge in [0.25, 0.3) is 0 Å². The summed E-state index contributed by atoms with van der Waals surface area (Å²) in [5, 5.41) is 80.3. The van der Waals surface area contributed by atoms with Gasteiger partial charge in [0.1, 0.15) is 77.9 Å². The van der Waals surface area contributed by atoms with Gasteiger partial charge in [0, 0.05) is 54.6 Å². The third-order valence-electron chi connectivity index (χ3n) is 14.9. The highest BCUT2D eigenvalue weighted by molar-refractivity contribution is 5.92. The van der Waals surface area contributed by atoms with E-state index in [0.29, 0.717) is 76.0 Å². The Labute approximate surface area is 373 Å². The third-order valence-corrected chi connectivity index (χ3v) is 14.9. The van der Waals surface area contributed by atoms with E-state index in [1.165, 1.54) is 36.4 Å². The van der Waals surface area contributed by atoms with E-state index in [1.54, 1.807) is 19.2 Å². The molecule has 6 aliphatic rings. The van der Waals surface area contributed by atoms with E-state index in [9.17, 15) is 45.3 Å². The lowest BCUT2D eigenvalue weighted by Gasteiger charge is -2.48. The molecule has 4 aliphatic heterocycles. The Hall–Kier alpha value is -5.43. The van der Waals surface area contributed by atoms with Crippen LogP contribution in [-0.2, 0) is 27.4 Å². The molecule has 1 aromatic heterocycles. The topological polar surface area (TPSA) is 245 Å². The summed E-state index contributed by atoms with van der Waals surface area (Å²) >= 11 is 0. The Balaban J connectivity index is 1.04. The Morgan fingerprint density at radius 3 is 2.65 bits per heavy atom. The monoisotopic (exact) mass is 892 g/mol. The number of phenols is 2. The van der Waals surface area contributed by atoms with E-state index >= 15 is 0 Å². The first-order valence-electron chi connectivity index (χ1n) is 22.4. The van der Waals surface area contributed by atoms with Crippen molar-refractivity contribution in [1.29, 1.82) is 0 Å². The molecule has 4 aromatic rings. The fraction of sp³-hybridized carbons (Fsp3) is 0.449. The molecular weight excluding hydrogens is 839 g/mol. The van der Waals surface area contributed by atoms with Gasteiger partial charge in [-0.1, -0.05) is 31.1 Å². The number of aromatic hydroxyl groups is 2. The van der Waals surface area contributed by atoms with E-state index in [1.807, 2.05) is 12.3 Å². The molecule has 2 spiro atoms. The number of hydrogen-bond donors (Lipinski definition) is 9. The summed E-state index contributed by atoms with van der Waals surface area (Å²) in [6, 6.07) is 10.4. The number of nitrogens with zero attached hydrogens (tertiary/aromatic N) is 1. The van der Waals surface area contributed by atoms with Crippen molar-refractivity contribution in [2.45, 2.75) is 93.9 Å². The van der Waals surface area contributed by atoms with E-state index in [4.69, 9.17) is 18.9 Å². The van der Waals surface area contributed by atoms with Crippen LogP contribution in [0.15, 0.2) is 92.4 Å². The lowest BCUT2D eigenvalue weighted by Crippen LogP contribution is -3.01. The fourth-order valence-corrected chi connectivity index (χ4v) is 11.5. The molecule has 5 heterocycles. The van der Waals surface area contributed by atoms with E-state index in [0.717, 1.165) is 41.9 Å². The highest BCUT2D eigenvalue weighted by Gasteiger charge is 2.58. The van der Waals surface area contributed by atoms with Crippen LogP contribution in [-0.4, -0.2) is 110 Å². The predicted octanol–water partition coefficient (Wildman–Crippen LogP) is 2.36. The summed E-state index contributed by atoms with van der Waals surface area (Å²) in [7, 11) is 0. The number of nitrogens with one attached hydrogen (secondary N) is 2. The molecule has 10 rings (SSSR count). The van der Waals surface area contributed by atoms with Crippen molar-refractivity contribution in [1.82, 2.24) is 5.32 Å². The zero-order valence-electron chi connectivity index (χ0n) is 35.9. The Bertz CT molecular complexity index is 2760. The number of aliphatic imine (C=N–C) groups is 1. The number of aliphatic hydroxyl groups excluding tert-OH is 4. The van der Waals surface area contributed by atoms with Crippen LogP contribution in [0.1, 0.15) is 55.4 Å². The van der Waals surface area contributed by atoms with Crippen molar-refractivity contribution >= 4 is 39.6 Å². The number of rotatable bonds is 12. The minimum atomic E-state index is -2.41. The molecule has 0 bridgehead atoms. The molecule has 16 heteroatoms. The summed E-state index contributed by atoms with van der Waals surface area (Å²) < 4.78 is 13.8. The number of fused-ring (bicyclic) bond motifs is 4. The molecule has 9 N–H and O–H groups in total. The Morgan fingerprint density at radius 2 is 1.86 bits per heavy atom.